The summed E-state index contributed by atoms with van der Waals surface area (Å²) in [6.07, 6.45) is 2.84. The van der Waals surface area contributed by atoms with Crippen LogP contribution >= 0.6 is 35.6 Å². The number of benzene rings is 2. The van der Waals surface area contributed by atoms with Gasteiger partial charge in [-0.05, 0) is 86.1 Å². The fourth-order valence-corrected chi connectivity index (χ4v) is 6.66. The first-order chi connectivity index (χ1) is 14.6. The molecule has 4 rings (SSSR count). The highest BCUT2D eigenvalue weighted by Crippen LogP contribution is 2.43. The number of sulfone groups is 1. The predicted molar refractivity (Wildman–Crippen MR) is 125 cm³/mol. The molecule has 2 aromatic carbocycles. The second kappa shape index (κ2) is 9.85. The van der Waals surface area contributed by atoms with E-state index in [2.05, 4.69) is 4.90 Å². The van der Waals surface area contributed by atoms with Gasteiger partial charge in [-0.25, -0.2) is 17.6 Å². The molecule has 0 aromatic heterocycles. The minimum absolute atomic E-state index is 0. The summed E-state index contributed by atoms with van der Waals surface area (Å²) in [6.45, 7) is 1.56. The first kappa shape index (κ1) is 25.2. The molecule has 0 bridgehead atoms. The van der Waals surface area contributed by atoms with Crippen molar-refractivity contribution < 1.29 is 22.7 Å². The van der Waals surface area contributed by atoms with Gasteiger partial charge in [0.1, 0.15) is 5.82 Å². The number of likely N-dealkylation sites (tertiary alicyclic amines) is 1. The van der Waals surface area contributed by atoms with Gasteiger partial charge in [0.25, 0.3) is 0 Å². The van der Waals surface area contributed by atoms with Crippen LogP contribution in [0.2, 0.25) is 10.0 Å². The molecule has 0 unspecified atom stereocenters. The Bertz CT molecular complexity index is 1110. The Labute approximate surface area is 202 Å². The van der Waals surface area contributed by atoms with E-state index in [1.807, 2.05) is 0 Å². The van der Waals surface area contributed by atoms with Crippen molar-refractivity contribution in [1.29, 1.82) is 0 Å². The van der Waals surface area contributed by atoms with E-state index in [9.17, 15) is 22.7 Å². The van der Waals surface area contributed by atoms with Crippen molar-refractivity contribution in [1.82, 2.24) is 4.90 Å². The average Bonchev–Trinajstić information content (AvgIpc) is 3.52. The lowest BCUT2D eigenvalue weighted by atomic mass is 9.98. The van der Waals surface area contributed by atoms with E-state index in [4.69, 9.17) is 23.2 Å². The Hall–Kier alpha value is -1.38. The lowest BCUT2D eigenvalue weighted by Gasteiger charge is -2.32. The number of hydrogen-bond acceptors (Lipinski definition) is 4. The van der Waals surface area contributed by atoms with Crippen molar-refractivity contribution in [3.8, 4) is 0 Å². The van der Waals surface area contributed by atoms with Gasteiger partial charge in [0.2, 0.25) is 0 Å². The molecular formula is C22H23Cl3FNO4S. The van der Waals surface area contributed by atoms with Gasteiger partial charge in [0.15, 0.2) is 9.84 Å². The molecule has 2 aliphatic rings. The highest BCUT2D eigenvalue weighted by Gasteiger charge is 2.33. The van der Waals surface area contributed by atoms with E-state index in [1.165, 1.54) is 30.3 Å². The summed E-state index contributed by atoms with van der Waals surface area (Å²) >= 11 is 11.9. The van der Waals surface area contributed by atoms with Gasteiger partial charge in [0.05, 0.1) is 15.7 Å². The smallest absolute Gasteiger partial charge is 0.338 e. The molecule has 1 aliphatic heterocycles. The highest BCUT2D eigenvalue weighted by atomic mass is 35.5. The molecule has 10 heteroatoms. The number of carboxylic acid groups (broad SMARTS) is 1. The molecule has 1 saturated carbocycles. The summed E-state index contributed by atoms with van der Waals surface area (Å²) in [5.74, 6) is -1.72. The molecule has 0 radical (unpaired) electrons. The van der Waals surface area contributed by atoms with E-state index in [-0.39, 0.29) is 38.8 Å². The molecule has 32 heavy (non-hydrogen) atoms. The SMILES string of the molecule is Cl.O=C(O)c1cc(C2CC2)c(CN2CCC(S(=O)(=O)c3cc(Cl)cc(Cl)c3)CC2)cc1F. The largest absolute Gasteiger partial charge is 0.478 e. The lowest BCUT2D eigenvalue weighted by Crippen LogP contribution is -2.39. The number of carbonyl (C=O) groups is 1. The lowest BCUT2D eigenvalue weighted by molar-refractivity contribution is 0.0691. The topological polar surface area (TPSA) is 74.7 Å². The first-order valence-corrected chi connectivity index (χ1v) is 12.4. The molecule has 0 amide bonds. The van der Waals surface area contributed by atoms with Crippen LogP contribution in [0, 0.1) is 5.82 Å². The summed E-state index contributed by atoms with van der Waals surface area (Å²) in [7, 11) is -3.56. The van der Waals surface area contributed by atoms with E-state index in [1.54, 1.807) is 0 Å². The van der Waals surface area contributed by atoms with Gasteiger partial charge in [-0.2, -0.15) is 0 Å². The van der Waals surface area contributed by atoms with Gasteiger partial charge in [-0.3, -0.25) is 4.90 Å². The zero-order valence-corrected chi connectivity index (χ0v) is 20.2. The third-order valence-corrected chi connectivity index (χ3v) is 8.69. The number of piperidine rings is 1. The highest BCUT2D eigenvalue weighted by molar-refractivity contribution is 7.92. The maximum absolute atomic E-state index is 14.3. The quantitative estimate of drug-likeness (QED) is 0.537. The zero-order chi connectivity index (χ0) is 22.3. The van der Waals surface area contributed by atoms with Gasteiger partial charge >= 0.3 is 5.97 Å². The van der Waals surface area contributed by atoms with Crippen LogP contribution in [-0.2, 0) is 16.4 Å². The van der Waals surface area contributed by atoms with E-state index in [0.717, 1.165) is 24.0 Å². The number of aromatic carboxylic acids is 1. The normalized spacial score (nSPS) is 17.7. The number of nitrogens with zero attached hydrogens (tertiary/aromatic N) is 1. The van der Waals surface area contributed by atoms with Crippen molar-refractivity contribution in [2.75, 3.05) is 13.1 Å². The van der Waals surface area contributed by atoms with Crippen LogP contribution in [0.3, 0.4) is 0 Å². The maximum Gasteiger partial charge on any atom is 0.338 e. The van der Waals surface area contributed by atoms with Crippen molar-refractivity contribution in [2.24, 2.45) is 0 Å². The summed E-state index contributed by atoms with van der Waals surface area (Å²) < 4.78 is 40.3. The van der Waals surface area contributed by atoms with Gasteiger partial charge < -0.3 is 5.11 Å². The number of carboxylic acids is 1. The van der Waals surface area contributed by atoms with Crippen LogP contribution in [0.15, 0.2) is 35.2 Å². The molecule has 5 nitrogen and oxygen atoms in total. The predicted octanol–water partition coefficient (Wildman–Crippen LogP) is 5.57. The van der Waals surface area contributed by atoms with Gasteiger partial charge in [0, 0.05) is 16.6 Å². The number of halogens is 4. The zero-order valence-electron chi connectivity index (χ0n) is 17.1. The summed E-state index contributed by atoms with van der Waals surface area (Å²) in [5, 5.41) is 9.24. The van der Waals surface area contributed by atoms with Crippen LogP contribution in [-0.4, -0.2) is 42.7 Å². The van der Waals surface area contributed by atoms with Crippen LogP contribution in [0.1, 0.15) is 53.1 Å². The summed E-state index contributed by atoms with van der Waals surface area (Å²) in [5.41, 5.74) is 1.38. The molecule has 2 fully saturated rings. The fourth-order valence-electron chi connectivity index (χ4n) is 4.21. The average molecular weight is 523 g/mol. The Balaban J connectivity index is 0.00000289. The Morgan fingerprint density at radius 1 is 1.03 bits per heavy atom. The van der Waals surface area contributed by atoms with E-state index in [0.29, 0.717) is 32.5 Å². The summed E-state index contributed by atoms with van der Waals surface area (Å²) in [4.78, 5) is 13.5. The molecule has 174 valence electrons. The maximum atomic E-state index is 14.3. The Morgan fingerprint density at radius 3 is 2.16 bits per heavy atom. The minimum Gasteiger partial charge on any atom is -0.478 e. The Morgan fingerprint density at radius 2 is 1.62 bits per heavy atom. The standard InChI is InChI=1S/C22H22Cl2FNO4S.ClH/c23-15-8-16(24)10-18(9-15)31(29,30)17-3-5-26(6-4-17)12-14-7-21(25)20(22(27)28)11-19(14)13-1-2-13;/h7-11,13,17H,1-6,12H2,(H,27,28);1H. The summed E-state index contributed by atoms with van der Waals surface area (Å²) in [6, 6.07) is 7.13. The molecule has 1 aliphatic carbocycles. The van der Waals surface area contributed by atoms with E-state index >= 15 is 0 Å². The van der Waals surface area contributed by atoms with Crippen molar-refractivity contribution in [2.45, 2.75) is 48.3 Å². The van der Waals surface area contributed by atoms with Crippen LogP contribution < -0.4 is 0 Å². The monoisotopic (exact) mass is 521 g/mol. The molecule has 1 saturated heterocycles. The third kappa shape index (κ3) is 5.39. The number of hydrogen-bond donors (Lipinski definition) is 1. The minimum atomic E-state index is -3.56. The molecule has 0 spiro atoms. The Kier molecular flexibility index (Phi) is 7.77. The number of rotatable bonds is 6. The first-order valence-electron chi connectivity index (χ1n) is 10.1. The second-order valence-electron chi connectivity index (χ2n) is 8.24. The fraction of sp³-hybridized carbons (Fsp3) is 0.409. The molecule has 2 aromatic rings. The molecule has 0 atom stereocenters. The van der Waals surface area contributed by atoms with Crippen LogP contribution in [0.4, 0.5) is 4.39 Å². The van der Waals surface area contributed by atoms with Gasteiger partial charge in [-0.15, -0.1) is 12.4 Å². The van der Waals surface area contributed by atoms with Crippen LogP contribution in [0.5, 0.6) is 0 Å². The van der Waals surface area contributed by atoms with Crippen molar-refractivity contribution in [3.05, 3.63) is 62.9 Å². The second-order valence-corrected chi connectivity index (χ2v) is 11.3. The van der Waals surface area contributed by atoms with Gasteiger partial charge in [-0.1, -0.05) is 23.2 Å². The third-order valence-electron chi connectivity index (χ3n) is 6.01. The van der Waals surface area contributed by atoms with Crippen molar-refractivity contribution in [3.63, 3.8) is 0 Å². The molecule has 1 N–H and O–H groups in total. The van der Waals surface area contributed by atoms with Crippen LogP contribution in [0.25, 0.3) is 0 Å². The molecular weight excluding hydrogens is 500 g/mol. The van der Waals surface area contributed by atoms with E-state index < -0.39 is 26.9 Å². The van der Waals surface area contributed by atoms with Crippen molar-refractivity contribution >= 4 is 51.4 Å². The molecule has 1 heterocycles.